The van der Waals surface area contributed by atoms with Crippen molar-refractivity contribution < 1.29 is 4.74 Å². The number of aliphatic imine (C=N–C) groups is 1. The molecule has 0 spiro atoms. The molecule has 5 nitrogen and oxygen atoms in total. The molecule has 1 rings (SSSR count). The second kappa shape index (κ2) is 12.7. The molecule has 0 aliphatic carbocycles. The summed E-state index contributed by atoms with van der Waals surface area (Å²) in [6.07, 6.45) is 0. The molecular formula is C16H29IN4O. The fraction of sp³-hybridized carbons (Fsp3) is 0.562. The van der Waals surface area contributed by atoms with E-state index in [0.717, 1.165) is 32.2 Å². The minimum absolute atomic E-state index is 0. The van der Waals surface area contributed by atoms with Crippen molar-refractivity contribution in [3.05, 3.63) is 35.9 Å². The highest BCUT2D eigenvalue weighted by Gasteiger charge is 2.03. The topological polar surface area (TPSA) is 40.1 Å². The Balaban J connectivity index is 0.00000441. The molecule has 0 saturated carbocycles. The molecule has 0 unspecified atom stereocenters. The molecule has 0 aliphatic heterocycles. The van der Waals surface area contributed by atoms with Gasteiger partial charge >= 0.3 is 0 Å². The van der Waals surface area contributed by atoms with Crippen LogP contribution in [0.25, 0.3) is 0 Å². The molecule has 126 valence electrons. The van der Waals surface area contributed by atoms with Crippen LogP contribution in [-0.2, 0) is 11.3 Å². The second-order valence-electron chi connectivity index (χ2n) is 5.24. The van der Waals surface area contributed by atoms with E-state index >= 15 is 0 Å². The summed E-state index contributed by atoms with van der Waals surface area (Å²) >= 11 is 0. The lowest BCUT2D eigenvalue weighted by atomic mass is 10.2. The van der Waals surface area contributed by atoms with Gasteiger partial charge in [-0.25, -0.2) is 4.99 Å². The number of hydrogen-bond acceptors (Lipinski definition) is 3. The van der Waals surface area contributed by atoms with Crippen LogP contribution in [0.2, 0.25) is 0 Å². The summed E-state index contributed by atoms with van der Waals surface area (Å²) < 4.78 is 5.07. The third-order valence-electron chi connectivity index (χ3n) is 3.13. The molecule has 1 N–H and O–H groups in total. The Hall–Kier alpha value is -0.860. The van der Waals surface area contributed by atoms with Crippen molar-refractivity contribution in [3.8, 4) is 0 Å². The number of likely N-dealkylation sites (N-methyl/N-ethyl adjacent to an activating group) is 1. The molecular weight excluding hydrogens is 391 g/mol. The van der Waals surface area contributed by atoms with Crippen LogP contribution in [0, 0.1) is 0 Å². The molecule has 1 aromatic rings. The van der Waals surface area contributed by atoms with Gasteiger partial charge in [0.2, 0.25) is 0 Å². The van der Waals surface area contributed by atoms with E-state index in [2.05, 4.69) is 34.4 Å². The van der Waals surface area contributed by atoms with E-state index in [4.69, 9.17) is 4.74 Å². The molecule has 0 aromatic heterocycles. The molecule has 1 aromatic carbocycles. The largest absolute Gasteiger partial charge is 0.383 e. The Morgan fingerprint density at radius 1 is 1.14 bits per heavy atom. The summed E-state index contributed by atoms with van der Waals surface area (Å²) in [5.41, 5.74) is 1.22. The zero-order valence-corrected chi connectivity index (χ0v) is 16.4. The number of benzene rings is 1. The first kappa shape index (κ1) is 21.1. The number of ether oxygens (including phenoxy) is 1. The Morgan fingerprint density at radius 3 is 2.41 bits per heavy atom. The number of hydrogen-bond donors (Lipinski definition) is 1. The molecule has 0 aliphatic rings. The number of guanidine groups is 1. The van der Waals surface area contributed by atoms with Gasteiger partial charge in [0.1, 0.15) is 0 Å². The Kier molecular flexibility index (Phi) is 12.2. The predicted octanol–water partition coefficient (Wildman–Crippen LogP) is 1.89. The first-order valence-electron chi connectivity index (χ1n) is 7.30. The average molecular weight is 420 g/mol. The molecule has 22 heavy (non-hydrogen) atoms. The summed E-state index contributed by atoms with van der Waals surface area (Å²) in [6.45, 7) is 4.23. The van der Waals surface area contributed by atoms with Crippen molar-refractivity contribution in [1.29, 1.82) is 0 Å². The third-order valence-corrected chi connectivity index (χ3v) is 3.13. The van der Waals surface area contributed by atoms with Crippen LogP contribution in [0.1, 0.15) is 5.56 Å². The van der Waals surface area contributed by atoms with Crippen molar-refractivity contribution in [3.63, 3.8) is 0 Å². The minimum Gasteiger partial charge on any atom is -0.383 e. The van der Waals surface area contributed by atoms with Gasteiger partial charge in [-0.15, -0.1) is 24.0 Å². The van der Waals surface area contributed by atoms with E-state index in [1.54, 1.807) is 7.11 Å². The summed E-state index contributed by atoms with van der Waals surface area (Å²) in [5, 5.41) is 3.39. The van der Waals surface area contributed by atoms with Gasteiger partial charge in [0, 0.05) is 40.8 Å². The van der Waals surface area contributed by atoms with Crippen molar-refractivity contribution in [1.82, 2.24) is 15.1 Å². The van der Waals surface area contributed by atoms with Crippen LogP contribution in [0.15, 0.2) is 35.3 Å². The van der Waals surface area contributed by atoms with Gasteiger partial charge in [0.15, 0.2) is 5.96 Å². The summed E-state index contributed by atoms with van der Waals surface area (Å²) in [5.74, 6) is 0.916. The summed E-state index contributed by atoms with van der Waals surface area (Å²) in [6, 6.07) is 10.3. The monoisotopic (exact) mass is 420 g/mol. The molecule has 0 amide bonds. The van der Waals surface area contributed by atoms with Crippen LogP contribution in [0.3, 0.4) is 0 Å². The molecule has 0 atom stereocenters. The van der Waals surface area contributed by atoms with E-state index in [0.29, 0.717) is 6.54 Å². The fourth-order valence-corrected chi connectivity index (χ4v) is 1.82. The normalized spacial score (nSPS) is 11.2. The smallest absolute Gasteiger partial charge is 0.193 e. The van der Waals surface area contributed by atoms with Gasteiger partial charge in [0.25, 0.3) is 0 Å². The van der Waals surface area contributed by atoms with Gasteiger partial charge in [-0.3, -0.25) is 0 Å². The maximum atomic E-state index is 5.07. The lowest BCUT2D eigenvalue weighted by molar-refractivity contribution is 0.162. The molecule has 0 bridgehead atoms. The highest BCUT2D eigenvalue weighted by Crippen LogP contribution is 2.00. The van der Waals surface area contributed by atoms with Gasteiger partial charge in [-0.1, -0.05) is 30.3 Å². The SMILES string of the molecule is COCCN(C)CCNC(=NCc1ccccc1)N(C)C.I. The van der Waals surface area contributed by atoms with Gasteiger partial charge in [-0.2, -0.15) is 0 Å². The van der Waals surface area contributed by atoms with Gasteiger partial charge in [0.05, 0.1) is 13.2 Å². The van der Waals surface area contributed by atoms with Crippen molar-refractivity contribution >= 4 is 29.9 Å². The maximum Gasteiger partial charge on any atom is 0.193 e. The Bertz CT molecular complexity index is 412. The number of methoxy groups -OCH3 is 1. The van der Waals surface area contributed by atoms with E-state index < -0.39 is 0 Å². The first-order chi connectivity index (χ1) is 10.1. The van der Waals surface area contributed by atoms with E-state index in [9.17, 15) is 0 Å². The average Bonchev–Trinajstić information content (AvgIpc) is 2.49. The highest BCUT2D eigenvalue weighted by atomic mass is 127. The van der Waals surface area contributed by atoms with Gasteiger partial charge < -0.3 is 19.9 Å². The van der Waals surface area contributed by atoms with Crippen molar-refractivity contribution in [2.24, 2.45) is 4.99 Å². The van der Waals surface area contributed by atoms with Crippen LogP contribution >= 0.6 is 24.0 Å². The highest BCUT2D eigenvalue weighted by molar-refractivity contribution is 14.0. The zero-order chi connectivity index (χ0) is 15.5. The molecule has 0 radical (unpaired) electrons. The molecule has 6 heteroatoms. The van der Waals surface area contributed by atoms with E-state index in [-0.39, 0.29) is 24.0 Å². The van der Waals surface area contributed by atoms with E-state index in [1.807, 2.05) is 37.2 Å². The minimum atomic E-state index is 0. The van der Waals surface area contributed by atoms with Crippen LogP contribution in [-0.4, -0.2) is 70.3 Å². The predicted molar refractivity (Wildman–Crippen MR) is 104 cm³/mol. The molecule has 0 fully saturated rings. The lowest BCUT2D eigenvalue weighted by Gasteiger charge is -2.20. The molecule has 0 heterocycles. The number of nitrogens with zero attached hydrogens (tertiary/aromatic N) is 3. The number of nitrogens with one attached hydrogen (secondary N) is 1. The number of halogens is 1. The lowest BCUT2D eigenvalue weighted by Crippen LogP contribution is -2.40. The van der Waals surface area contributed by atoms with Crippen LogP contribution in [0.4, 0.5) is 0 Å². The Morgan fingerprint density at radius 2 is 1.82 bits per heavy atom. The standard InChI is InChI=1S/C16H28N4O.HI/c1-19(2)16(17-10-11-20(3)12-13-21-4)18-14-15-8-6-5-7-9-15;/h5-9H,10-14H2,1-4H3,(H,17,18);1H. The third kappa shape index (κ3) is 9.22. The molecule has 0 saturated heterocycles. The van der Waals surface area contributed by atoms with E-state index in [1.165, 1.54) is 5.56 Å². The Labute approximate surface area is 151 Å². The summed E-state index contributed by atoms with van der Waals surface area (Å²) in [4.78, 5) is 8.89. The number of rotatable bonds is 8. The maximum absolute atomic E-state index is 5.07. The van der Waals surface area contributed by atoms with Crippen molar-refractivity contribution in [2.75, 3.05) is 54.5 Å². The first-order valence-corrected chi connectivity index (χ1v) is 7.30. The quantitative estimate of drug-likeness (QED) is 0.396. The second-order valence-corrected chi connectivity index (χ2v) is 5.24. The van der Waals surface area contributed by atoms with Crippen molar-refractivity contribution in [2.45, 2.75) is 6.54 Å². The summed E-state index contributed by atoms with van der Waals surface area (Å²) in [7, 11) is 7.83. The van der Waals surface area contributed by atoms with Crippen LogP contribution < -0.4 is 5.32 Å². The fourth-order valence-electron chi connectivity index (χ4n) is 1.82. The zero-order valence-electron chi connectivity index (χ0n) is 14.1. The van der Waals surface area contributed by atoms with Gasteiger partial charge in [-0.05, 0) is 12.6 Å². The van der Waals surface area contributed by atoms with Crippen LogP contribution in [0.5, 0.6) is 0 Å².